The summed E-state index contributed by atoms with van der Waals surface area (Å²) in [5, 5.41) is 14.6. The number of amides is 1. The summed E-state index contributed by atoms with van der Waals surface area (Å²) < 4.78 is 47.8. The quantitative estimate of drug-likeness (QED) is 0.208. The standard InChI is InChI=1S/C29H27BrClFN2O5S/c1-33-29(36)26-21-14-20(16-6-7-16)23(15-25(21)39-28(26)17-8-10-18(32)11-9-17)34(40(2,37)38)13-12-24(35)19-4-3-5-22(31)27(19)30/h3-5,8-11,14-16,24,35H,6-7,12-13H2,1-2H3,(H,33,36). The fraction of sp³-hybridized carbons (Fsp3) is 0.276. The fourth-order valence-electron chi connectivity index (χ4n) is 4.88. The van der Waals surface area contributed by atoms with Gasteiger partial charge in [-0.25, -0.2) is 12.8 Å². The van der Waals surface area contributed by atoms with Gasteiger partial charge in [-0.1, -0.05) is 23.7 Å². The van der Waals surface area contributed by atoms with Gasteiger partial charge in [0.25, 0.3) is 5.91 Å². The average Bonchev–Trinajstić information content (AvgIpc) is 3.69. The highest BCUT2D eigenvalue weighted by atomic mass is 79.9. The van der Waals surface area contributed by atoms with Crippen LogP contribution in [0.25, 0.3) is 22.3 Å². The lowest BCUT2D eigenvalue weighted by molar-refractivity contribution is 0.0964. The number of sulfonamides is 1. The zero-order valence-electron chi connectivity index (χ0n) is 21.7. The van der Waals surface area contributed by atoms with E-state index >= 15 is 0 Å². The predicted octanol–water partition coefficient (Wildman–Crippen LogP) is 6.78. The molecule has 210 valence electrons. The molecule has 2 N–H and O–H groups in total. The van der Waals surface area contributed by atoms with E-state index in [-0.39, 0.29) is 30.6 Å². The Labute approximate surface area is 245 Å². The molecule has 40 heavy (non-hydrogen) atoms. The number of anilines is 1. The van der Waals surface area contributed by atoms with Crippen molar-refractivity contribution in [2.45, 2.75) is 31.3 Å². The molecule has 5 rings (SSSR count). The van der Waals surface area contributed by atoms with Crippen LogP contribution in [0.5, 0.6) is 0 Å². The maximum atomic E-state index is 13.6. The molecule has 0 spiro atoms. The number of aliphatic hydroxyl groups is 1. The van der Waals surface area contributed by atoms with Crippen molar-refractivity contribution in [1.29, 1.82) is 0 Å². The normalized spacial score (nSPS) is 14.3. The Morgan fingerprint density at radius 3 is 2.55 bits per heavy atom. The van der Waals surface area contributed by atoms with Crippen LogP contribution in [0.3, 0.4) is 0 Å². The van der Waals surface area contributed by atoms with Crippen molar-refractivity contribution in [3.05, 3.63) is 86.6 Å². The molecule has 0 radical (unpaired) electrons. The summed E-state index contributed by atoms with van der Waals surface area (Å²) in [4.78, 5) is 13.0. The van der Waals surface area contributed by atoms with Crippen LogP contribution in [0.1, 0.15) is 52.8 Å². The summed E-state index contributed by atoms with van der Waals surface area (Å²) in [5.74, 6) is -0.407. The number of carbonyl (C=O) groups excluding carboxylic acids is 1. The first-order valence-corrected chi connectivity index (χ1v) is 15.7. The highest BCUT2D eigenvalue weighted by Crippen LogP contribution is 2.48. The van der Waals surface area contributed by atoms with Crippen LogP contribution < -0.4 is 9.62 Å². The second-order valence-electron chi connectivity index (χ2n) is 9.86. The Bertz CT molecular complexity index is 1700. The SMILES string of the molecule is CNC(=O)c1c(-c2ccc(F)cc2)oc2cc(N(CCC(O)c3cccc(Cl)c3Br)S(C)(=O)=O)c(C3CC3)cc12. The van der Waals surface area contributed by atoms with E-state index in [9.17, 15) is 22.7 Å². The van der Waals surface area contributed by atoms with Gasteiger partial charge in [0.05, 0.1) is 28.6 Å². The van der Waals surface area contributed by atoms with Crippen LogP contribution in [-0.4, -0.2) is 39.3 Å². The molecule has 4 aromatic rings. The number of carbonyl (C=O) groups is 1. The summed E-state index contributed by atoms with van der Waals surface area (Å²) in [6, 6.07) is 14.2. The molecule has 11 heteroatoms. The topological polar surface area (TPSA) is 99.8 Å². The van der Waals surface area contributed by atoms with E-state index in [0.717, 1.165) is 24.7 Å². The van der Waals surface area contributed by atoms with Crippen molar-refractivity contribution < 1.29 is 27.1 Å². The van der Waals surface area contributed by atoms with Gasteiger partial charge in [0, 0.05) is 35.1 Å². The monoisotopic (exact) mass is 648 g/mol. The van der Waals surface area contributed by atoms with E-state index < -0.39 is 21.9 Å². The molecular formula is C29H27BrClFN2O5S. The molecule has 1 aromatic heterocycles. The summed E-state index contributed by atoms with van der Waals surface area (Å²) in [7, 11) is -2.26. The van der Waals surface area contributed by atoms with E-state index in [1.165, 1.54) is 35.6 Å². The lowest BCUT2D eigenvalue weighted by Crippen LogP contribution is -2.32. The van der Waals surface area contributed by atoms with E-state index in [2.05, 4.69) is 21.2 Å². The largest absolute Gasteiger partial charge is 0.455 e. The number of nitrogens with one attached hydrogen (secondary N) is 1. The van der Waals surface area contributed by atoms with Gasteiger partial charge in [0.15, 0.2) is 0 Å². The van der Waals surface area contributed by atoms with E-state index in [0.29, 0.717) is 42.8 Å². The van der Waals surface area contributed by atoms with Gasteiger partial charge in [-0.15, -0.1) is 0 Å². The minimum Gasteiger partial charge on any atom is -0.455 e. The van der Waals surface area contributed by atoms with Crippen LogP contribution >= 0.6 is 27.5 Å². The van der Waals surface area contributed by atoms with Crippen molar-refractivity contribution in [2.75, 3.05) is 24.2 Å². The smallest absolute Gasteiger partial charge is 0.255 e. The molecule has 1 fully saturated rings. The third-order valence-electron chi connectivity index (χ3n) is 7.03. The third-order valence-corrected chi connectivity index (χ3v) is 9.64. The molecule has 1 saturated carbocycles. The zero-order valence-corrected chi connectivity index (χ0v) is 24.9. The van der Waals surface area contributed by atoms with Gasteiger partial charge in [-0.3, -0.25) is 9.10 Å². The minimum atomic E-state index is -3.77. The summed E-state index contributed by atoms with van der Waals surface area (Å²) in [6.07, 6.45) is 2.02. The number of rotatable bonds is 9. The summed E-state index contributed by atoms with van der Waals surface area (Å²) in [5.41, 5.74) is 2.92. The van der Waals surface area contributed by atoms with Crippen molar-refractivity contribution in [1.82, 2.24) is 5.32 Å². The summed E-state index contributed by atoms with van der Waals surface area (Å²) in [6.45, 7) is -0.00197. The number of benzene rings is 3. The maximum absolute atomic E-state index is 13.6. The highest BCUT2D eigenvalue weighted by Gasteiger charge is 2.33. The van der Waals surface area contributed by atoms with Gasteiger partial charge in [0.1, 0.15) is 17.2 Å². The molecular weight excluding hydrogens is 623 g/mol. The summed E-state index contributed by atoms with van der Waals surface area (Å²) >= 11 is 9.58. The second-order valence-corrected chi connectivity index (χ2v) is 13.0. The first-order chi connectivity index (χ1) is 19.0. The molecule has 1 amide bonds. The van der Waals surface area contributed by atoms with Gasteiger partial charge in [-0.05, 0) is 88.6 Å². The molecule has 1 unspecified atom stereocenters. The number of hydrogen-bond acceptors (Lipinski definition) is 5. The number of aliphatic hydroxyl groups excluding tert-OH is 1. The Kier molecular flexibility index (Phi) is 7.98. The van der Waals surface area contributed by atoms with Crippen LogP contribution in [0, 0.1) is 5.82 Å². The van der Waals surface area contributed by atoms with Crippen molar-refractivity contribution in [3.8, 4) is 11.3 Å². The minimum absolute atomic E-state index is 0.00197. The predicted molar refractivity (Wildman–Crippen MR) is 158 cm³/mol. The molecule has 1 atom stereocenters. The number of nitrogens with zero attached hydrogens (tertiary/aromatic N) is 1. The molecule has 0 saturated heterocycles. The van der Waals surface area contributed by atoms with Crippen LogP contribution in [-0.2, 0) is 10.0 Å². The molecule has 7 nitrogen and oxygen atoms in total. The second kappa shape index (κ2) is 11.2. The molecule has 1 heterocycles. The number of fused-ring (bicyclic) bond motifs is 1. The van der Waals surface area contributed by atoms with Crippen LogP contribution in [0.15, 0.2) is 63.5 Å². The zero-order chi connectivity index (χ0) is 28.8. The first-order valence-electron chi connectivity index (χ1n) is 12.7. The molecule has 1 aliphatic rings. The molecule has 1 aliphatic carbocycles. The van der Waals surface area contributed by atoms with Gasteiger partial charge in [0.2, 0.25) is 10.0 Å². The highest BCUT2D eigenvalue weighted by molar-refractivity contribution is 9.10. The Morgan fingerprint density at radius 2 is 1.93 bits per heavy atom. The number of halogens is 3. The third kappa shape index (κ3) is 5.63. The van der Waals surface area contributed by atoms with Crippen molar-refractivity contribution in [2.24, 2.45) is 0 Å². The van der Waals surface area contributed by atoms with Crippen molar-refractivity contribution >= 4 is 60.1 Å². The molecule has 3 aromatic carbocycles. The van der Waals surface area contributed by atoms with Gasteiger partial charge < -0.3 is 14.8 Å². The van der Waals surface area contributed by atoms with Crippen LogP contribution in [0.2, 0.25) is 5.02 Å². The van der Waals surface area contributed by atoms with Crippen LogP contribution in [0.4, 0.5) is 10.1 Å². The van der Waals surface area contributed by atoms with Gasteiger partial charge >= 0.3 is 0 Å². The fourth-order valence-corrected chi connectivity index (χ4v) is 6.54. The average molecular weight is 650 g/mol. The van der Waals surface area contributed by atoms with Gasteiger partial charge in [-0.2, -0.15) is 0 Å². The van der Waals surface area contributed by atoms with E-state index in [4.69, 9.17) is 16.0 Å². The van der Waals surface area contributed by atoms with Crippen molar-refractivity contribution in [3.63, 3.8) is 0 Å². The maximum Gasteiger partial charge on any atom is 0.255 e. The van der Waals surface area contributed by atoms with E-state index in [1.807, 2.05) is 6.07 Å². The molecule has 0 bridgehead atoms. The molecule has 0 aliphatic heterocycles. The Hall–Kier alpha value is -2.92. The number of furan rings is 1. The first kappa shape index (κ1) is 28.6. The lowest BCUT2D eigenvalue weighted by atomic mass is 10.00. The Balaban J connectivity index is 1.61. The number of hydrogen-bond donors (Lipinski definition) is 2. The van der Waals surface area contributed by atoms with E-state index in [1.54, 1.807) is 24.3 Å². The lowest BCUT2D eigenvalue weighted by Gasteiger charge is -2.26. The Morgan fingerprint density at radius 1 is 1.23 bits per heavy atom.